The zero-order chi connectivity index (χ0) is 15.6. The number of para-hydroxylation sites is 1. The number of hydrogen-bond donors (Lipinski definition) is 1. The molecular formula is C12H8FIN2O4S. The molecule has 21 heavy (non-hydrogen) atoms. The summed E-state index contributed by atoms with van der Waals surface area (Å²) in [5, 5.41) is 10.9. The minimum absolute atomic E-state index is 0.270. The second-order valence-electron chi connectivity index (χ2n) is 3.95. The van der Waals surface area contributed by atoms with Gasteiger partial charge < -0.3 is 0 Å². The number of rotatable bonds is 4. The summed E-state index contributed by atoms with van der Waals surface area (Å²) in [7, 11) is -4.26. The van der Waals surface area contributed by atoms with Crippen molar-refractivity contribution in [2.75, 3.05) is 4.72 Å². The first-order valence-electron chi connectivity index (χ1n) is 5.52. The lowest BCUT2D eigenvalue weighted by Crippen LogP contribution is -2.15. The number of sulfonamides is 1. The van der Waals surface area contributed by atoms with Gasteiger partial charge >= 0.3 is 0 Å². The van der Waals surface area contributed by atoms with Crippen molar-refractivity contribution < 1.29 is 17.7 Å². The summed E-state index contributed by atoms with van der Waals surface area (Å²) in [5.74, 6) is -0.760. The minimum Gasteiger partial charge on any atom is -0.276 e. The molecule has 9 heteroatoms. The average Bonchev–Trinajstić information content (AvgIpc) is 2.42. The van der Waals surface area contributed by atoms with Crippen LogP contribution in [0.25, 0.3) is 0 Å². The van der Waals surface area contributed by atoms with E-state index < -0.39 is 31.3 Å². The van der Waals surface area contributed by atoms with Crippen molar-refractivity contribution in [3.05, 3.63) is 62.0 Å². The maximum absolute atomic E-state index is 13.7. The second-order valence-corrected chi connectivity index (χ2v) is 6.85. The van der Waals surface area contributed by atoms with Gasteiger partial charge in [-0.15, -0.1) is 0 Å². The molecule has 0 atom stereocenters. The molecule has 0 spiro atoms. The Morgan fingerprint density at radius 1 is 1.19 bits per heavy atom. The predicted molar refractivity (Wildman–Crippen MR) is 83.0 cm³/mol. The Kier molecular flexibility index (Phi) is 4.42. The summed E-state index contributed by atoms with van der Waals surface area (Å²) >= 11 is 1.88. The van der Waals surface area contributed by atoms with E-state index in [4.69, 9.17) is 0 Å². The molecule has 0 aliphatic rings. The van der Waals surface area contributed by atoms with Crippen molar-refractivity contribution in [3.63, 3.8) is 0 Å². The number of nitrogens with one attached hydrogen (secondary N) is 1. The highest BCUT2D eigenvalue weighted by Crippen LogP contribution is 2.26. The Labute approximate surface area is 133 Å². The number of benzene rings is 2. The van der Waals surface area contributed by atoms with Gasteiger partial charge in [0.25, 0.3) is 15.7 Å². The van der Waals surface area contributed by atoms with E-state index in [2.05, 4.69) is 0 Å². The van der Waals surface area contributed by atoms with Crippen molar-refractivity contribution in [2.45, 2.75) is 4.90 Å². The van der Waals surface area contributed by atoms with Crippen molar-refractivity contribution >= 4 is 44.0 Å². The fourth-order valence-corrected chi connectivity index (χ4v) is 3.30. The molecule has 0 bridgehead atoms. The molecule has 0 aliphatic heterocycles. The van der Waals surface area contributed by atoms with Crippen molar-refractivity contribution in [3.8, 4) is 0 Å². The summed E-state index contributed by atoms with van der Waals surface area (Å²) in [6.07, 6.45) is 0. The molecule has 0 unspecified atom stereocenters. The molecule has 0 aliphatic carbocycles. The van der Waals surface area contributed by atoms with Crippen LogP contribution in [0.15, 0.2) is 47.4 Å². The highest BCUT2D eigenvalue weighted by molar-refractivity contribution is 14.1. The van der Waals surface area contributed by atoms with E-state index in [-0.39, 0.29) is 5.69 Å². The van der Waals surface area contributed by atoms with Crippen LogP contribution < -0.4 is 4.72 Å². The molecule has 2 aromatic rings. The largest absolute Gasteiger partial charge is 0.289 e. The number of nitro groups is 1. The molecule has 0 aromatic heterocycles. The molecule has 1 N–H and O–H groups in total. The first-order chi connectivity index (χ1) is 9.81. The zero-order valence-corrected chi connectivity index (χ0v) is 13.3. The number of hydrogen-bond acceptors (Lipinski definition) is 4. The topological polar surface area (TPSA) is 89.3 Å². The Morgan fingerprint density at radius 3 is 2.48 bits per heavy atom. The van der Waals surface area contributed by atoms with Gasteiger partial charge in [-0.25, -0.2) is 12.8 Å². The van der Waals surface area contributed by atoms with E-state index in [1.165, 1.54) is 24.3 Å². The van der Waals surface area contributed by atoms with Crippen LogP contribution in [0.4, 0.5) is 15.8 Å². The monoisotopic (exact) mass is 422 g/mol. The van der Waals surface area contributed by atoms with Gasteiger partial charge in [0, 0.05) is 9.64 Å². The molecular weight excluding hydrogens is 414 g/mol. The fourth-order valence-electron chi connectivity index (χ4n) is 1.61. The maximum atomic E-state index is 13.7. The molecule has 0 saturated carbocycles. The van der Waals surface area contributed by atoms with E-state index >= 15 is 0 Å². The van der Waals surface area contributed by atoms with Gasteiger partial charge in [0.2, 0.25) is 0 Å². The maximum Gasteiger partial charge on any atom is 0.289 e. The summed E-state index contributed by atoms with van der Waals surface area (Å²) in [5.41, 5.74) is -0.843. The van der Waals surface area contributed by atoms with Crippen LogP contribution in [0, 0.1) is 19.5 Å². The quantitative estimate of drug-likeness (QED) is 0.466. The number of nitrogens with zero attached hydrogens (tertiary/aromatic N) is 1. The third-order valence-corrected chi connectivity index (χ3v) is 4.61. The summed E-state index contributed by atoms with van der Waals surface area (Å²) < 4.78 is 40.7. The summed E-state index contributed by atoms with van der Waals surface area (Å²) in [6.45, 7) is 0. The molecule has 2 rings (SSSR count). The van der Waals surface area contributed by atoms with Gasteiger partial charge in [0.15, 0.2) is 4.90 Å². The number of nitro benzene ring substituents is 1. The predicted octanol–water partition coefficient (Wildman–Crippen LogP) is 3.14. The lowest BCUT2D eigenvalue weighted by Gasteiger charge is -2.09. The molecule has 6 nitrogen and oxygen atoms in total. The average molecular weight is 422 g/mol. The molecule has 110 valence electrons. The first-order valence-corrected chi connectivity index (χ1v) is 8.09. The van der Waals surface area contributed by atoms with Crippen LogP contribution in [0.1, 0.15) is 0 Å². The van der Waals surface area contributed by atoms with Crippen molar-refractivity contribution in [1.82, 2.24) is 0 Å². The molecule has 0 radical (unpaired) electrons. The van der Waals surface area contributed by atoms with Gasteiger partial charge in [-0.2, -0.15) is 0 Å². The Morgan fingerprint density at radius 2 is 1.86 bits per heavy atom. The second kappa shape index (κ2) is 5.93. The van der Waals surface area contributed by atoms with Crippen molar-refractivity contribution in [1.29, 1.82) is 0 Å². The smallest absolute Gasteiger partial charge is 0.276 e. The van der Waals surface area contributed by atoms with Crippen LogP contribution in [0.2, 0.25) is 0 Å². The first kappa shape index (κ1) is 15.6. The minimum atomic E-state index is -4.26. The summed E-state index contributed by atoms with van der Waals surface area (Å²) in [4.78, 5) is 9.54. The standard InChI is InChI=1S/C12H8FIN2O4S/c13-9-7-8(14)5-6-10(9)15-21(19,20)12-4-2-1-3-11(12)16(17)18/h1-7,15H. The van der Waals surface area contributed by atoms with E-state index in [1.54, 1.807) is 0 Å². The van der Waals surface area contributed by atoms with E-state index in [0.29, 0.717) is 3.57 Å². The Balaban J connectivity index is 2.46. The molecule has 0 amide bonds. The van der Waals surface area contributed by atoms with E-state index in [1.807, 2.05) is 27.3 Å². The highest BCUT2D eigenvalue weighted by Gasteiger charge is 2.25. The molecule has 0 saturated heterocycles. The summed E-state index contributed by atoms with van der Waals surface area (Å²) in [6, 6.07) is 8.78. The van der Waals surface area contributed by atoms with Gasteiger partial charge in [0.05, 0.1) is 10.6 Å². The highest BCUT2D eigenvalue weighted by atomic mass is 127. The molecule has 0 heterocycles. The van der Waals surface area contributed by atoms with Crippen LogP contribution in [-0.2, 0) is 10.0 Å². The van der Waals surface area contributed by atoms with Gasteiger partial charge in [-0.3, -0.25) is 14.8 Å². The zero-order valence-electron chi connectivity index (χ0n) is 10.3. The third kappa shape index (κ3) is 3.47. The van der Waals surface area contributed by atoms with Crippen LogP contribution in [0.5, 0.6) is 0 Å². The molecule has 0 fully saturated rings. The van der Waals surface area contributed by atoms with Crippen LogP contribution in [-0.4, -0.2) is 13.3 Å². The van der Waals surface area contributed by atoms with Crippen molar-refractivity contribution in [2.24, 2.45) is 0 Å². The van der Waals surface area contributed by atoms with Gasteiger partial charge in [-0.05, 0) is 46.9 Å². The van der Waals surface area contributed by atoms with Gasteiger partial charge in [-0.1, -0.05) is 12.1 Å². The van der Waals surface area contributed by atoms with Crippen LogP contribution >= 0.6 is 22.6 Å². The third-order valence-electron chi connectivity index (χ3n) is 2.53. The normalized spacial score (nSPS) is 11.1. The SMILES string of the molecule is O=[N+]([O-])c1ccccc1S(=O)(=O)Nc1ccc(I)cc1F. The lowest BCUT2D eigenvalue weighted by molar-refractivity contribution is -0.387. The number of anilines is 1. The molecule has 2 aromatic carbocycles. The Bertz CT molecular complexity index is 811. The van der Waals surface area contributed by atoms with Crippen LogP contribution in [0.3, 0.4) is 0 Å². The number of halogens is 2. The lowest BCUT2D eigenvalue weighted by atomic mass is 10.3. The Hall–Kier alpha value is -1.75. The van der Waals surface area contributed by atoms with Gasteiger partial charge in [0.1, 0.15) is 5.82 Å². The van der Waals surface area contributed by atoms with E-state index in [0.717, 1.165) is 18.2 Å². The fraction of sp³-hybridized carbons (Fsp3) is 0. The van der Waals surface area contributed by atoms with E-state index in [9.17, 15) is 22.9 Å².